The van der Waals surface area contributed by atoms with E-state index in [0.29, 0.717) is 24.2 Å². The molecule has 4 N–H and O–H groups in total. The zero-order chi connectivity index (χ0) is 25.0. The molecule has 1 saturated carbocycles. The second-order valence-corrected chi connectivity index (χ2v) is 10.2. The number of ether oxygens (including phenoxy) is 1. The predicted molar refractivity (Wildman–Crippen MR) is 133 cm³/mol. The molecular formula is C25H35ClN4O5. The Morgan fingerprint density at radius 2 is 2.00 bits per heavy atom. The molecule has 1 unspecified atom stereocenters. The summed E-state index contributed by atoms with van der Waals surface area (Å²) in [6, 6.07) is 4.83. The van der Waals surface area contributed by atoms with Crippen molar-refractivity contribution in [3.63, 3.8) is 0 Å². The summed E-state index contributed by atoms with van der Waals surface area (Å²) in [6.45, 7) is 3.76. The zero-order valence-electron chi connectivity index (χ0n) is 20.1. The molecule has 4 rings (SSSR count). The molecule has 9 nitrogen and oxygen atoms in total. The fourth-order valence-corrected chi connectivity index (χ4v) is 4.83. The molecule has 1 aromatic heterocycles. The Morgan fingerprint density at radius 3 is 2.66 bits per heavy atom. The third kappa shape index (κ3) is 6.34. The van der Waals surface area contributed by atoms with Gasteiger partial charge in [0.25, 0.3) is 5.91 Å². The summed E-state index contributed by atoms with van der Waals surface area (Å²) >= 11 is 6.32. The minimum atomic E-state index is -0.902. The molecule has 1 atom stereocenters. The summed E-state index contributed by atoms with van der Waals surface area (Å²) in [6.07, 6.45) is 6.37. The first-order valence-electron chi connectivity index (χ1n) is 12.4. The summed E-state index contributed by atoms with van der Waals surface area (Å²) in [4.78, 5) is 26.0. The number of nitrogens with one attached hydrogen (secondary N) is 2. The molecule has 2 aliphatic rings. The number of hydrogen-bond donors (Lipinski definition) is 4. The average Bonchev–Trinajstić information content (AvgIpc) is 2.95. The van der Waals surface area contributed by atoms with E-state index in [0.717, 1.165) is 38.8 Å². The van der Waals surface area contributed by atoms with Gasteiger partial charge in [0.1, 0.15) is 0 Å². The van der Waals surface area contributed by atoms with Crippen molar-refractivity contribution in [2.75, 3.05) is 26.2 Å². The highest BCUT2D eigenvalue weighted by Gasteiger charge is 2.29. The van der Waals surface area contributed by atoms with Crippen molar-refractivity contribution < 1.29 is 19.7 Å². The summed E-state index contributed by atoms with van der Waals surface area (Å²) in [7, 11) is 0. The number of benzene rings is 1. The molecule has 0 bridgehead atoms. The quantitative estimate of drug-likeness (QED) is 0.385. The van der Waals surface area contributed by atoms with Gasteiger partial charge in [-0.1, -0.05) is 37.3 Å². The normalized spacial score (nSPS) is 19.1. The number of aliphatic hydroxyl groups excluding tert-OH is 1. The lowest BCUT2D eigenvalue weighted by molar-refractivity contribution is -0.0347. The predicted octanol–water partition coefficient (Wildman–Crippen LogP) is 1.77. The van der Waals surface area contributed by atoms with E-state index in [4.69, 9.17) is 16.3 Å². The number of carbonyl (C=O) groups excluding carboxylic acids is 1. The van der Waals surface area contributed by atoms with Crippen LogP contribution in [-0.2, 0) is 11.3 Å². The number of hydrogen-bond acceptors (Lipinski definition) is 6. The van der Waals surface area contributed by atoms with Gasteiger partial charge in [-0.3, -0.25) is 13.9 Å². The Balaban J connectivity index is 1.46. The van der Waals surface area contributed by atoms with Crippen molar-refractivity contribution >= 4 is 17.5 Å². The average molecular weight is 507 g/mol. The second kappa shape index (κ2) is 11.3. The first-order valence-corrected chi connectivity index (χ1v) is 12.7. The fourth-order valence-electron chi connectivity index (χ4n) is 4.63. The Labute approximate surface area is 210 Å². The number of rotatable bonds is 9. The molecule has 2 fully saturated rings. The van der Waals surface area contributed by atoms with Crippen LogP contribution in [0.5, 0.6) is 0 Å². The van der Waals surface area contributed by atoms with Gasteiger partial charge in [0, 0.05) is 31.5 Å². The first kappa shape index (κ1) is 25.9. The van der Waals surface area contributed by atoms with Crippen molar-refractivity contribution in [2.24, 2.45) is 0 Å². The van der Waals surface area contributed by atoms with Crippen molar-refractivity contribution in [3.8, 4) is 5.69 Å². The van der Waals surface area contributed by atoms with Gasteiger partial charge in [0.05, 0.1) is 47.2 Å². The van der Waals surface area contributed by atoms with Crippen molar-refractivity contribution in [1.29, 1.82) is 0 Å². The van der Waals surface area contributed by atoms with Gasteiger partial charge in [0.15, 0.2) is 0 Å². The maximum Gasteiger partial charge on any atom is 0.333 e. The van der Waals surface area contributed by atoms with E-state index in [9.17, 15) is 19.8 Å². The summed E-state index contributed by atoms with van der Waals surface area (Å²) < 4.78 is 8.53. The van der Waals surface area contributed by atoms with Crippen LogP contribution in [0.25, 0.3) is 5.69 Å². The number of aryl methyl sites for hydroxylation is 1. The molecule has 10 heteroatoms. The minimum absolute atomic E-state index is 0.106. The lowest BCUT2D eigenvalue weighted by Gasteiger charge is -2.28. The lowest BCUT2D eigenvalue weighted by Crippen LogP contribution is -2.49. The summed E-state index contributed by atoms with van der Waals surface area (Å²) in [5.74, 6) is -0.392. The lowest BCUT2D eigenvalue weighted by atomic mass is 9.94. The van der Waals surface area contributed by atoms with Gasteiger partial charge < -0.3 is 25.6 Å². The highest BCUT2D eigenvalue weighted by molar-refractivity contribution is 6.33. The van der Waals surface area contributed by atoms with Crippen LogP contribution in [0.4, 0.5) is 0 Å². The number of carbonyl (C=O) groups is 1. The number of aromatic nitrogens is 2. The third-order valence-corrected chi connectivity index (χ3v) is 7.25. The van der Waals surface area contributed by atoms with E-state index >= 15 is 0 Å². The van der Waals surface area contributed by atoms with Gasteiger partial charge in [-0.05, 0) is 38.0 Å². The molecule has 0 radical (unpaired) electrons. The van der Waals surface area contributed by atoms with Crippen LogP contribution in [0.1, 0.15) is 54.6 Å². The molecular weight excluding hydrogens is 472 g/mol. The van der Waals surface area contributed by atoms with E-state index in [1.807, 2.05) is 0 Å². The topological polar surface area (TPSA) is 118 Å². The van der Waals surface area contributed by atoms with Crippen LogP contribution in [-0.4, -0.2) is 69.3 Å². The monoisotopic (exact) mass is 506 g/mol. The first-order chi connectivity index (χ1) is 16.8. The highest BCUT2D eigenvalue weighted by Crippen LogP contribution is 2.27. The molecule has 192 valence electrons. The maximum absolute atomic E-state index is 13.1. The number of aliphatic hydroxyl groups is 2. The Hall–Kier alpha value is -2.17. The summed E-state index contributed by atoms with van der Waals surface area (Å²) in [5, 5.41) is 27.4. The molecule has 1 aliphatic heterocycles. The van der Waals surface area contributed by atoms with Crippen molar-refractivity contribution in [1.82, 2.24) is 19.8 Å². The smallest absolute Gasteiger partial charge is 0.333 e. The van der Waals surface area contributed by atoms with Crippen LogP contribution in [0.2, 0.25) is 5.02 Å². The standard InChI is InChI=1S/C25H35ClN4O5/c1-17-13-30(24(33)29(17)14-19(31)15-35-20-11-27-12-20)18-6-7-22(26)21(10-18)23(32)28-16-25(34)8-4-2-3-5-9-25/h6-7,10,13,19-20,27,31,34H,2-5,8-9,11-12,14-16H2,1H3,(H,28,32). The van der Waals surface area contributed by atoms with Gasteiger partial charge >= 0.3 is 5.69 Å². The van der Waals surface area contributed by atoms with Crippen molar-refractivity contribution in [3.05, 3.63) is 51.2 Å². The van der Waals surface area contributed by atoms with E-state index < -0.39 is 17.6 Å². The van der Waals surface area contributed by atoms with Gasteiger partial charge in [-0.25, -0.2) is 4.79 Å². The third-order valence-electron chi connectivity index (χ3n) is 6.93. The molecule has 1 amide bonds. The molecule has 1 saturated heterocycles. The molecule has 1 aliphatic carbocycles. The highest BCUT2D eigenvalue weighted by atomic mass is 35.5. The minimum Gasteiger partial charge on any atom is -0.389 e. The van der Waals surface area contributed by atoms with E-state index in [1.54, 1.807) is 31.3 Å². The van der Waals surface area contributed by atoms with Crippen molar-refractivity contribution in [2.45, 2.75) is 69.8 Å². The van der Waals surface area contributed by atoms with E-state index in [1.165, 1.54) is 9.13 Å². The van der Waals surface area contributed by atoms with Gasteiger partial charge in [-0.15, -0.1) is 0 Å². The van der Waals surface area contributed by atoms with E-state index in [2.05, 4.69) is 10.6 Å². The van der Waals surface area contributed by atoms with Crippen LogP contribution >= 0.6 is 11.6 Å². The van der Waals surface area contributed by atoms with Gasteiger partial charge in [0.2, 0.25) is 0 Å². The maximum atomic E-state index is 13.1. The Kier molecular flexibility index (Phi) is 8.34. The molecule has 2 aromatic rings. The molecule has 0 spiro atoms. The van der Waals surface area contributed by atoms with E-state index in [-0.39, 0.29) is 42.1 Å². The number of imidazole rings is 1. The van der Waals surface area contributed by atoms with Crippen LogP contribution < -0.4 is 16.3 Å². The molecule has 1 aromatic carbocycles. The van der Waals surface area contributed by atoms with Crippen LogP contribution in [0, 0.1) is 6.92 Å². The molecule has 35 heavy (non-hydrogen) atoms. The largest absolute Gasteiger partial charge is 0.389 e. The Bertz CT molecular complexity index is 1090. The second-order valence-electron chi connectivity index (χ2n) is 9.79. The van der Waals surface area contributed by atoms with Crippen LogP contribution in [0.15, 0.2) is 29.2 Å². The Morgan fingerprint density at radius 1 is 1.29 bits per heavy atom. The van der Waals surface area contributed by atoms with Gasteiger partial charge in [-0.2, -0.15) is 0 Å². The fraction of sp³-hybridized carbons (Fsp3) is 0.600. The summed E-state index contributed by atoms with van der Waals surface area (Å²) in [5.41, 5.74) is 0.178. The SMILES string of the molecule is Cc1cn(-c2ccc(Cl)c(C(=O)NCC3(O)CCCCCC3)c2)c(=O)n1CC(O)COC1CNC1. The number of amides is 1. The zero-order valence-corrected chi connectivity index (χ0v) is 20.9. The number of nitrogens with zero attached hydrogens (tertiary/aromatic N) is 2. The van der Waals surface area contributed by atoms with Crippen LogP contribution in [0.3, 0.4) is 0 Å². The molecule has 2 heterocycles. The number of halogens is 1.